The van der Waals surface area contributed by atoms with Gasteiger partial charge in [0.2, 0.25) is 5.91 Å². The summed E-state index contributed by atoms with van der Waals surface area (Å²) < 4.78 is 6.30. The molecule has 1 aliphatic carbocycles. The van der Waals surface area contributed by atoms with Crippen LogP contribution in [0.5, 0.6) is 0 Å². The van der Waals surface area contributed by atoms with Gasteiger partial charge in [-0.15, -0.1) is 0 Å². The van der Waals surface area contributed by atoms with Gasteiger partial charge in [0.05, 0.1) is 13.2 Å². The van der Waals surface area contributed by atoms with Crippen molar-refractivity contribution in [3.05, 3.63) is 28.2 Å². The van der Waals surface area contributed by atoms with Gasteiger partial charge in [-0.3, -0.25) is 9.59 Å². The molecule has 1 atom stereocenters. The summed E-state index contributed by atoms with van der Waals surface area (Å²) in [6.07, 6.45) is 2.93. The van der Waals surface area contributed by atoms with Crippen LogP contribution in [-0.2, 0) is 9.53 Å². The zero-order valence-electron chi connectivity index (χ0n) is 11.5. The van der Waals surface area contributed by atoms with Crippen molar-refractivity contribution in [2.45, 2.75) is 24.9 Å². The van der Waals surface area contributed by atoms with Crippen molar-refractivity contribution in [3.63, 3.8) is 0 Å². The molecule has 0 radical (unpaired) electrons. The van der Waals surface area contributed by atoms with E-state index in [9.17, 15) is 9.59 Å². The zero-order valence-corrected chi connectivity index (χ0v) is 13.1. The molecule has 1 saturated heterocycles. The molecule has 0 bridgehead atoms. The van der Waals surface area contributed by atoms with Crippen molar-refractivity contribution >= 4 is 33.8 Å². The summed E-state index contributed by atoms with van der Waals surface area (Å²) in [7, 11) is 0. The van der Waals surface area contributed by atoms with E-state index < -0.39 is 0 Å². The van der Waals surface area contributed by atoms with Gasteiger partial charge in [0.1, 0.15) is 6.04 Å². The third kappa shape index (κ3) is 3.27. The highest BCUT2D eigenvalue weighted by Gasteiger charge is 2.34. The first-order valence-electron chi connectivity index (χ1n) is 7.08. The SMILES string of the molecule is O=Cc1cc(Br)ccc1N1CCOCC1C(=O)NC1CC1. The van der Waals surface area contributed by atoms with Crippen molar-refractivity contribution in [1.82, 2.24) is 5.32 Å². The molecule has 0 spiro atoms. The number of rotatable bonds is 4. The van der Waals surface area contributed by atoms with Crippen LogP contribution in [0.25, 0.3) is 0 Å². The molecule has 2 fully saturated rings. The quantitative estimate of drug-likeness (QED) is 0.838. The van der Waals surface area contributed by atoms with E-state index in [-0.39, 0.29) is 11.9 Å². The number of carbonyl (C=O) groups is 2. The molecule has 5 nitrogen and oxygen atoms in total. The minimum atomic E-state index is -0.376. The summed E-state index contributed by atoms with van der Waals surface area (Å²) in [6.45, 7) is 1.51. The van der Waals surface area contributed by atoms with Crippen molar-refractivity contribution in [2.75, 3.05) is 24.7 Å². The Kier molecular flexibility index (Phi) is 4.26. The molecule has 1 saturated carbocycles. The van der Waals surface area contributed by atoms with Gasteiger partial charge in [0.25, 0.3) is 0 Å². The average Bonchev–Trinajstić information content (AvgIpc) is 3.31. The second-order valence-electron chi connectivity index (χ2n) is 5.39. The summed E-state index contributed by atoms with van der Waals surface area (Å²) in [4.78, 5) is 25.6. The summed E-state index contributed by atoms with van der Waals surface area (Å²) in [6, 6.07) is 5.47. The molecule has 1 aliphatic heterocycles. The topological polar surface area (TPSA) is 58.6 Å². The van der Waals surface area contributed by atoms with Gasteiger partial charge in [-0.2, -0.15) is 0 Å². The molecule has 2 aliphatic rings. The first kappa shape index (κ1) is 14.5. The van der Waals surface area contributed by atoms with Gasteiger partial charge in [0, 0.05) is 28.3 Å². The maximum Gasteiger partial charge on any atom is 0.245 e. The number of nitrogens with zero attached hydrogens (tertiary/aromatic N) is 1. The van der Waals surface area contributed by atoms with E-state index in [0.717, 1.165) is 29.3 Å². The fourth-order valence-electron chi connectivity index (χ4n) is 2.52. The number of halogens is 1. The normalized spacial score (nSPS) is 22.0. The molecule has 1 aromatic rings. The van der Waals surface area contributed by atoms with E-state index in [0.29, 0.717) is 31.4 Å². The predicted octanol–water partition coefficient (Wildman–Crippen LogP) is 1.75. The maximum atomic E-state index is 12.4. The number of morpholine rings is 1. The molecule has 1 aromatic carbocycles. The van der Waals surface area contributed by atoms with E-state index >= 15 is 0 Å². The highest BCUT2D eigenvalue weighted by molar-refractivity contribution is 9.10. The number of benzene rings is 1. The Morgan fingerprint density at radius 1 is 1.43 bits per heavy atom. The van der Waals surface area contributed by atoms with Gasteiger partial charge in [-0.25, -0.2) is 0 Å². The molecular formula is C15H17BrN2O3. The van der Waals surface area contributed by atoms with Crippen molar-refractivity contribution in [1.29, 1.82) is 0 Å². The molecule has 3 rings (SSSR count). The van der Waals surface area contributed by atoms with Gasteiger partial charge in [0.15, 0.2) is 6.29 Å². The Balaban J connectivity index is 1.86. The Labute approximate surface area is 131 Å². The number of anilines is 1. The Bertz CT molecular complexity index is 560. The molecule has 1 heterocycles. The number of hydrogen-bond acceptors (Lipinski definition) is 4. The first-order chi connectivity index (χ1) is 10.2. The molecule has 6 heteroatoms. The van der Waals surface area contributed by atoms with Gasteiger partial charge in [-0.1, -0.05) is 15.9 Å². The number of carbonyl (C=O) groups excluding carboxylic acids is 2. The average molecular weight is 353 g/mol. The van der Waals surface area contributed by atoms with Crippen LogP contribution >= 0.6 is 15.9 Å². The fraction of sp³-hybridized carbons (Fsp3) is 0.467. The number of aldehydes is 1. The van der Waals surface area contributed by atoms with Gasteiger partial charge >= 0.3 is 0 Å². The molecule has 1 unspecified atom stereocenters. The van der Waals surface area contributed by atoms with E-state index in [1.165, 1.54) is 0 Å². The molecule has 21 heavy (non-hydrogen) atoms. The Morgan fingerprint density at radius 2 is 2.24 bits per heavy atom. The maximum absolute atomic E-state index is 12.4. The molecule has 1 N–H and O–H groups in total. The Morgan fingerprint density at radius 3 is 2.95 bits per heavy atom. The summed E-state index contributed by atoms with van der Waals surface area (Å²) in [5.74, 6) is -0.0167. The first-order valence-corrected chi connectivity index (χ1v) is 7.88. The zero-order chi connectivity index (χ0) is 14.8. The standard InChI is InChI=1S/C15H17BrN2O3/c16-11-1-4-13(10(7-11)8-19)18-5-6-21-9-14(18)15(20)17-12-2-3-12/h1,4,7-8,12,14H,2-3,5-6,9H2,(H,17,20). The van der Waals surface area contributed by atoms with Crippen LogP contribution in [0.2, 0.25) is 0 Å². The van der Waals surface area contributed by atoms with Crippen molar-refractivity contribution < 1.29 is 14.3 Å². The van der Waals surface area contributed by atoms with E-state index in [2.05, 4.69) is 21.2 Å². The second kappa shape index (κ2) is 6.15. The number of amides is 1. The molecule has 112 valence electrons. The van der Waals surface area contributed by atoms with Gasteiger partial charge < -0.3 is 15.0 Å². The third-order valence-electron chi connectivity index (χ3n) is 3.78. The lowest BCUT2D eigenvalue weighted by Crippen LogP contribution is -2.54. The minimum absolute atomic E-state index is 0.0167. The van der Waals surface area contributed by atoms with Crippen LogP contribution < -0.4 is 10.2 Å². The number of ether oxygens (including phenoxy) is 1. The minimum Gasteiger partial charge on any atom is -0.377 e. The molecular weight excluding hydrogens is 336 g/mol. The lowest BCUT2D eigenvalue weighted by atomic mass is 10.1. The number of nitrogens with one attached hydrogen (secondary N) is 1. The second-order valence-corrected chi connectivity index (χ2v) is 6.30. The van der Waals surface area contributed by atoms with Crippen LogP contribution in [0.1, 0.15) is 23.2 Å². The lowest BCUT2D eigenvalue weighted by Gasteiger charge is -2.37. The van der Waals surface area contributed by atoms with Crippen LogP contribution in [0, 0.1) is 0 Å². The van der Waals surface area contributed by atoms with E-state index in [1.54, 1.807) is 6.07 Å². The lowest BCUT2D eigenvalue weighted by molar-refractivity contribution is -0.124. The van der Waals surface area contributed by atoms with Crippen molar-refractivity contribution in [2.24, 2.45) is 0 Å². The fourth-order valence-corrected chi connectivity index (χ4v) is 2.89. The number of hydrogen-bond donors (Lipinski definition) is 1. The summed E-state index contributed by atoms with van der Waals surface area (Å²) in [5.41, 5.74) is 1.36. The molecule has 1 amide bonds. The van der Waals surface area contributed by atoms with Crippen LogP contribution in [0.4, 0.5) is 5.69 Å². The van der Waals surface area contributed by atoms with Crippen LogP contribution in [0.15, 0.2) is 22.7 Å². The highest BCUT2D eigenvalue weighted by atomic mass is 79.9. The van der Waals surface area contributed by atoms with Crippen LogP contribution in [-0.4, -0.2) is 44.0 Å². The monoisotopic (exact) mass is 352 g/mol. The van der Waals surface area contributed by atoms with Crippen LogP contribution in [0.3, 0.4) is 0 Å². The van der Waals surface area contributed by atoms with E-state index in [4.69, 9.17) is 4.74 Å². The smallest absolute Gasteiger partial charge is 0.245 e. The highest BCUT2D eigenvalue weighted by Crippen LogP contribution is 2.27. The van der Waals surface area contributed by atoms with Gasteiger partial charge in [-0.05, 0) is 31.0 Å². The van der Waals surface area contributed by atoms with Crippen molar-refractivity contribution in [3.8, 4) is 0 Å². The largest absolute Gasteiger partial charge is 0.377 e. The predicted molar refractivity (Wildman–Crippen MR) is 82.6 cm³/mol. The summed E-state index contributed by atoms with van der Waals surface area (Å²) >= 11 is 3.36. The van der Waals surface area contributed by atoms with E-state index in [1.807, 2.05) is 17.0 Å². The Hall–Kier alpha value is -1.40. The summed E-state index contributed by atoms with van der Waals surface area (Å²) in [5, 5.41) is 3.01. The molecule has 0 aromatic heterocycles. The third-order valence-corrected chi connectivity index (χ3v) is 4.27.